The third-order valence-electron chi connectivity index (χ3n) is 2.57. The molecule has 2 aromatic carbocycles. The topological polar surface area (TPSA) is 46.5 Å². The molecule has 92 valence electrons. The molecule has 0 saturated heterocycles. The van der Waals surface area contributed by atoms with E-state index in [9.17, 15) is 14.3 Å². The van der Waals surface area contributed by atoms with Crippen LogP contribution in [0, 0.1) is 5.82 Å². The van der Waals surface area contributed by atoms with Crippen molar-refractivity contribution in [2.45, 2.75) is 0 Å². The zero-order chi connectivity index (χ0) is 13.1. The van der Waals surface area contributed by atoms with Gasteiger partial charge in [0.15, 0.2) is 0 Å². The predicted octanol–water partition coefficient (Wildman–Crippen LogP) is 2.98. The second-order valence-corrected chi connectivity index (χ2v) is 3.70. The van der Waals surface area contributed by atoms with Crippen molar-refractivity contribution in [1.29, 1.82) is 0 Å². The normalized spacial score (nSPS) is 10.1. The van der Waals surface area contributed by atoms with E-state index in [2.05, 4.69) is 4.74 Å². The van der Waals surface area contributed by atoms with Gasteiger partial charge in [0.2, 0.25) is 0 Å². The second-order valence-electron chi connectivity index (χ2n) is 3.70. The maximum Gasteiger partial charge on any atom is 0.338 e. The predicted molar refractivity (Wildman–Crippen MR) is 64.8 cm³/mol. The third kappa shape index (κ3) is 2.18. The van der Waals surface area contributed by atoms with Gasteiger partial charge in [-0.05, 0) is 29.8 Å². The van der Waals surface area contributed by atoms with E-state index in [1.807, 2.05) is 0 Å². The lowest BCUT2D eigenvalue weighted by atomic mass is 9.99. The molecule has 4 heteroatoms. The summed E-state index contributed by atoms with van der Waals surface area (Å²) in [5.41, 5.74) is 0.804. The molecule has 0 aliphatic heterocycles. The van der Waals surface area contributed by atoms with Crippen molar-refractivity contribution in [2.75, 3.05) is 7.11 Å². The first kappa shape index (κ1) is 12.1. The summed E-state index contributed by atoms with van der Waals surface area (Å²) in [4.78, 5) is 11.6. The molecule has 0 heterocycles. The van der Waals surface area contributed by atoms with Crippen molar-refractivity contribution < 1.29 is 19.0 Å². The average Bonchev–Trinajstić information content (AvgIpc) is 2.40. The Kier molecular flexibility index (Phi) is 3.28. The Morgan fingerprint density at radius 1 is 1.17 bits per heavy atom. The smallest absolute Gasteiger partial charge is 0.338 e. The largest absolute Gasteiger partial charge is 0.508 e. The second kappa shape index (κ2) is 4.87. The Bertz CT molecular complexity index is 593. The first-order valence-corrected chi connectivity index (χ1v) is 5.29. The fraction of sp³-hybridized carbons (Fsp3) is 0.0714. The van der Waals surface area contributed by atoms with Crippen LogP contribution in [0.25, 0.3) is 11.1 Å². The number of halogens is 1. The van der Waals surface area contributed by atoms with Gasteiger partial charge in [-0.2, -0.15) is 0 Å². The number of rotatable bonds is 2. The van der Waals surface area contributed by atoms with Gasteiger partial charge in [0.1, 0.15) is 11.6 Å². The summed E-state index contributed by atoms with van der Waals surface area (Å²) in [7, 11) is 1.26. The van der Waals surface area contributed by atoms with Crippen molar-refractivity contribution >= 4 is 5.97 Å². The molecular formula is C14H11FO3. The van der Waals surface area contributed by atoms with Crippen molar-refractivity contribution in [3.8, 4) is 16.9 Å². The number of esters is 1. The van der Waals surface area contributed by atoms with Crippen LogP contribution in [0.1, 0.15) is 10.4 Å². The van der Waals surface area contributed by atoms with E-state index in [1.54, 1.807) is 24.3 Å². The van der Waals surface area contributed by atoms with E-state index in [1.165, 1.54) is 19.2 Å². The highest BCUT2D eigenvalue weighted by molar-refractivity contribution is 5.97. The molecule has 0 unspecified atom stereocenters. The number of hydrogen-bond donors (Lipinski definition) is 1. The standard InChI is InChI=1S/C14H11FO3/c1-18-14(17)11-5-3-2-4-10(11)12-8-9(16)6-7-13(12)15/h2-8,16H,1H3. The quantitative estimate of drug-likeness (QED) is 0.828. The molecule has 18 heavy (non-hydrogen) atoms. The average molecular weight is 246 g/mol. The molecule has 0 atom stereocenters. The van der Waals surface area contributed by atoms with E-state index in [4.69, 9.17) is 0 Å². The zero-order valence-electron chi connectivity index (χ0n) is 9.68. The van der Waals surface area contributed by atoms with Crippen molar-refractivity contribution in [3.63, 3.8) is 0 Å². The lowest BCUT2D eigenvalue weighted by Gasteiger charge is -2.09. The van der Waals surface area contributed by atoms with Gasteiger partial charge in [-0.3, -0.25) is 0 Å². The maximum atomic E-state index is 13.7. The molecule has 0 aliphatic rings. The summed E-state index contributed by atoms with van der Waals surface area (Å²) in [5, 5.41) is 9.40. The minimum atomic E-state index is -0.548. The lowest BCUT2D eigenvalue weighted by molar-refractivity contribution is 0.0601. The number of carbonyl (C=O) groups is 1. The fourth-order valence-electron chi connectivity index (χ4n) is 1.73. The summed E-state index contributed by atoms with van der Waals surface area (Å²) in [6.45, 7) is 0. The molecule has 2 aromatic rings. The molecular weight excluding hydrogens is 235 g/mol. The van der Waals surface area contributed by atoms with Gasteiger partial charge in [0.25, 0.3) is 0 Å². The van der Waals surface area contributed by atoms with Gasteiger partial charge in [-0.25, -0.2) is 9.18 Å². The van der Waals surface area contributed by atoms with Gasteiger partial charge >= 0.3 is 5.97 Å². The number of phenols is 1. The minimum Gasteiger partial charge on any atom is -0.508 e. The number of hydrogen-bond acceptors (Lipinski definition) is 3. The Morgan fingerprint density at radius 3 is 2.61 bits per heavy atom. The number of carbonyl (C=O) groups excluding carboxylic acids is 1. The third-order valence-corrected chi connectivity index (χ3v) is 2.57. The van der Waals surface area contributed by atoms with Crippen LogP contribution in [-0.2, 0) is 4.74 Å². The molecule has 2 rings (SSSR count). The SMILES string of the molecule is COC(=O)c1ccccc1-c1cc(O)ccc1F. The molecule has 0 radical (unpaired) electrons. The van der Waals surface area contributed by atoms with Crippen molar-refractivity contribution in [3.05, 3.63) is 53.8 Å². The zero-order valence-corrected chi connectivity index (χ0v) is 9.68. The van der Waals surface area contributed by atoms with Gasteiger partial charge in [-0.1, -0.05) is 18.2 Å². The Balaban J connectivity index is 2.64. The van der Waals surface area contributed by atoms with Crippen molar-refractivity contribution in [2.24, 2.45) is 0 Å². The van der Waals surface area contributed by atoms with Crippen LogP contribution < -0.4 is 0 Å². The molecule has 0 fully saturated rings. The first-order valence-electron chi connectivity index (χ1n) is 5.29. The van der Waals surface area contributed by atoms with E-state index in [-0.39, 0.29) is 16.9 Å². The molecule has 0 saturated carbocycles. The molecule has 1 N–H and O–H groups in total. The van der Waals surface area contributed by atoms with E-state index in [0.717, 1.165) is 6.07 Å². The van der Waals surface area contributed by atoms with E-state index in [0.29, 0.717) is 5.56 Å². The monoisotopic (exact) mass is 246 g/mol. The van der Waals surface area contributed by atoms with E-state index < -0.39 is 11.8 Å². The summed E-state index contributed by atoms with van der Waals surface area (Å²) in [6, 6.07) is 10.2. The Morgan fingerprint density at radius 2 is 1.89 bits per heavy atom. The Labute approximate surface area is 103 Å². The number of benzene rings is 2. The van der Waals surface area contributed by atoms with Crippen LogP contribution in [0.3, 0.4) is 0 Å². The lowest BCUT2D eigenvalue weighted by Crippen LogP contribution is -2.03. The highest BCUT2D eigenvalue weighted by atomic mass is 19.1. The van der Waals surface area contributed by atoms with Crippen LogP contribution in [0.15, 0.2) is 42.5 Å². The summed E-state index contributed by atoms with van der Waals surface area (Å²) in [6.07, 6.45) is 0. The molecule has 0 aliphatic carbocycles. The number of methoxy groups -OCH3 is 1. The highest BCUT2D eigenvalue weighted by Gasteiger charge is 2.15. The summed E-state index contributed by atoms with van der Waals surface area (Å²) in [5.74, 6) is -1.12. The van der Waals surface area contributed by atoms with Crippen LogP contribution in [0.4, 0.5) is 4.39 Å². The summed E-state index contributed by atoms with van der Waals surface area (Å²) < 4.78 is 18.4. The maximum absolute atomic E-state index is 13.7. The highest BCUT2D eigenvalue weighted by Crippen LogP contribution is 2.29. The van der Waals surface area contributed by atoms with Crippen LogP contribution in [0.5, 0.6) is 5.75 Å². The van der Waals surface area contributed by atoms with Gasteiger partial charge in [0, 0.05) is 5.56 Å². The van der Waals surface area contributed by atoms with Gasteiger partial charge in [-0.15, -0.1) is 0 Å². The minimum absolute atomic E-state index is 0.0638. The Hall–Kier alpha value is -2.36. The van der Waals surface area contributed by atoms with Crippen LogP contribution in [-0.4, -0.2) is 18.2 Å². The van der Waals surface area contributed by atoms with Crippen LogP contribution >= 0.6 is 0 Å². The number of aromatic hydroxyl groups is 1. The number of phenolic OH excluding ortho intramolecular Hbond substituents is 1. The summed E-state index contributed by atoms with van der Waals surface area (Å²) >= 11 is 0. The molecule has 0 bridgehead atoms. The van der Waals surface area contributed by atoms with E-state index >= 15 is 0 Å². The van der Waals surface area contributed by atoms with Crippen molar-refractivity contribution in [1.82, 2.24) is 0 Å². The van der Waals surface area contributed by atoms with Gasteiger partial charge < -0.3 is 9.84 Å². The molecule has 3 nitrogen and oxygen atoms in total. The van der Waals surface area contributed by atoms with Crippen LogP contribution in [0.2, 0.25) is 0 Å². The number of ether oxygens (including phenoxy) is 1. The van der Waals surface area contributed by atoms with Gasteiger partial charge in [0.05, 0.1) is 12.7 Å². The first-order chi connectivity index (χ1) is 8.63. The molecule has 0 amide bonds. The molecule has 0 spiro atoms. The molecule has 0 aromatic heterocycles. The fourth-order valence-corrected chi connectivity index (χ4v) is 1.73.